The number of piperazine rings is 1. The fraction of sp³-hybridized carbons (Fsp3) is 0.400. The van der Waals surface area contributed by atoms with Gasteiger partial charge in [-0.25, -0.2) is 4.98 Å². The van der Waals surface area contributed by atoms with Crippen LogP contribution < -0.4 is 4.90 Å². The number of benzene rings is 1. The van der Waals surface area contributed by atoms with E-state index in [-0.39, 0.29) is 17.7 Å². The minimum atomic E-state index is 0.00800. The van der Waals surface area contributed by atoms with Crippen molar-refractivity contribution < 1.29 is 9.90 Å². The Bertz CT molecular complexity index is 742. The SMILES string of the molecule is O=C1C(N2CCN(c3ccc(O)cn3)CC2)CCN1Cc1ccccc1. The third-order valence-electron chi connectivity index (χ3n) is 5.30. The summed E-state index contributed by atoms with van der Waals surface area (Å²) in [6.07, 6.45) is 2.38. The number of nitrogens with zero attached hydrogens (tertiary/aromatic N) is 4. The monoisotopic (exact) mass is 352 g/mol. The van der Waals surface area contributed by atoms with Crippen LogP contribution in [-0.4, -0.2) is 64.6 Å². The first-order chi connectivity index (χ1) is 12.7. The summed E-state index contributed by atoms with van der Waals surface area (Å²) < 4.78 is 0. The van der Waals surface area contributed by atoms with Crippen molar-refractivity contribution >= 4 is 11.7 Å². The van der Waals surface area contributed by atoms with E-state index in [0.717, 1.165) is 45.0 Å². The Kier molecular flexibility index (Phi) is 4.75. The lowest BCUT2D eigenvalue weighted by Crippen LogP contribution is -2.52. The number of anilines is 1. The van der Waals surface area contributed by atoms with Crippen molar-refractivity contribution in [3.8, 4) is 5.75 Å². The molecule has 1 N–H and O–H groups in total. The Morgan fingerprint density at radius 1 is 1.00 bits per heavy atom. The number of likely N-dealkylation sites (tertiary alicyclic amines) is 1. The topological polar surface area (TPSA) is 59.9 Å². The average Bonchev–Trinajstić information content (AvgIpc) is 3.04. The van der Waals surface area contributed by atoms with Crippen LogP contribution in [0.15, 0.2) is 48.7 Å². The Labute approximate surface area is 153 Å². The maximum absolute atomic E-state index is 12.8. The van der Waals surface area contributed by atoms with E-state index in [1.807, 2.05) is 29.2 Å². The smallest absolute Gasteiger partial charge is 0.240 e. The van der Waals surface area contributed by atoms with Crippen LogP contribution in [0.1, 0.15) is 12.0 Å². The molecule has 1 aromatic heterocycles. The Morgan fingerprint density at radius 2 is 1.77 bits per heavy atom. The third kappa shape index (κ3) is 3.51. The number of amides is 1. The summed E-state index contributed by atoms with van der Waals surface area (Å²) in [5.74, 6) is 1.32. The van der Waals surface area contributed by atoms with Gasteiger partial charge in [-0.1, -0.05) is 30.3 Å². The van der Waals surface area contributed by atoms with Crippen molar-refractivity contribution in [2.24, 2.45) is 0 Å². The van der Waals surface area contributed by atoms with Crippen molar-refractivity contribution in [2.75, 3.05) is 37.6 Å². The molecule has 2 aromatic rings. The predicted octanol–water partition coefficient (Wildman–Crippen LogP) is 1.71. The first kappa shape index (κ1) is 16.8. The summed E-state index contributed by atoms with van der Waals surface area (Å²) in [7, 11) is 0. The zero-order chi connectivity index (χ0) is 17.9. The van der Waals surface area contributed by atoms with Gasteiger partial charge in [0.25, 0.3) is 0 Å². The maximum atomic E-state index is 12.8. The molecule has 6 nitrogen and oxygen atoms in total. The molecule has 26 heavy (non-hydrogen) atoms. The van der Waals surface area contributed by atoms with Gasteiger partial charge in [0.05, 0.1) is 12.2 Å². The van der Waals surface area contributed by atoms with E-state index in [0.29, 0.717) is 6.54 Å². The van der Waals surface area contributed by atoms with Crippen molar-refractivity contribution in [2.45, 2.75) is 19.0 Å². The van der Waals surface area contributed by atoms with Crippen molar-refractivity contribution in [3.63, 3.8) is 0 Å². The van der Waals surface area contributed by atoms with Gasteiger partial charge in [-0.15, -0.1) is 0 Å². The Morgan fingerprint density at radius 3 is 2.46 bits per heavy atom. The lowest BCUT2D eigenvalue weighted by Gasteiger charge is -2.37. The highest BCUT2D eigenvalue weighted by molar-refractivity contribution is 5.84. The number of carbonyl (C=O) groups is 1. The molecule has 2 saturated heterocycles. The molecule has 1 amide bonds. The fourth-order valence-corrected chi connectivity index (χ4v) is 3.85. The number of hydrogen-bond acceptors (Lipinski definition) is 5. The summed E-state index contributed by atoms with van der Waals surface area (Å²) in [6.45, 7) is 4.95. The molecular weight excluding hydrogens is 328 g/mol. The highest BCUT2D eigenvalue weighted by atomic mass is 16.3. The van der Waals surface area contributed by atoms with Gasteiger partial charge in [0.2, 0.25) is 5.91 Å². The second kappa shape index (κ2) is 7.33. The average molecular weight is 352 g/mol. The summed E-state index contributed by atoms with van der Waals surface area (Å²) >= 11 is 0. The van der Waals surface area contributed by atoms with Gasteiger partial charge in [0.1, 0.15) is 11.6 Å². The summed E-state index contributed by atoms with van der Waals surface area (Å²) in [5.41, 5.74) is 1.18. The van der Waals surface area contributed by atoms with E-state index in [9.17, 15) is 9.90 Å². The number of carbonyl (C=O) groups excluding carboxylic acids is 1. The van der Waals surface area contributed by atoms with E-state index < -0.39 is 0 Å². The Balaban J connectivity index is 1.33. The van der Waals surface area contributed by atoms with Gasteiger partial charge in [0.15, 0.2) is 0 Å². The fourth-order valence-electron chi connectivity index (χ4n) is 3.85. The summed E-state index contributed by atoms with van der Waals surface area (Å²) in [4.78, 5) is 23.6. The first-order valence-electron chi connectivity index (χ1n) is 9.17. The van der Waals surface area contributed by atoms with Gasteiger partial charge in [-0.3, -0.25) is 9.69 Å². The number of rotatable bonds is 4. The van der Waals surface area contributed by atoms with Gasteiger partial charge >= 0.3 is 0 Å². The molecule has 2 aliphatic rings. The molecule has 1 unspecified atom stereocenters. The van der Waals surface area contributed by atoms with Gasteiger partial charge in [0, 0.05) is 39.3 Å². The number of hydrogen-bond donors (Lipinski definition) is 1. The molecule has 1 atom stereocenters. The van der Waals surface area contributed by atoms with Crippen LogP contribution in [-0.2, 0) is 11.3 Å². The van der Waals surface area contributed by atoms with Crippen molar-refractivity contribution in [1.29, 1.82) is 0 Å². The van der Waals surface area contributed by atoms with Gasteiger partial charge in [-0.05, 0) is 24.1 Å². The van der Waals surface area contributed by atoms with E-state index in [1.54, 1.807) is 6.07 Å². The molecule has 0 radical (unpaired) electrons. The Hall–Kier alpha value is -2.60. The molecule has 0 saturated carbocycles. The standard InChI is InChI=1S/C20H24N4O2/c25-17-6-7-19(21-14-17)23-12-10-22(11-13-23)18-8-9-24(20(18)26)15-16-4-2-1-3-5-16/h1-7,14,18,25H,8-13,15H2. The normalized spacial score (nSPS) is 21.4. The highest BCUT2D eigenvalue weighted by Crippen LogP contribution is 2.23. The number of aromatic nitrogens is 1. The van der Waals surface area contributed by atoms with Crippen LogP contribution in [0.2, 0.25) is 0 Å². The summed E-state index contributed by atoms with van der Waals surface area (Å²) in [5, 5.41) is 9.37. The molecule has 2 aliphatic heterocycles. The second-order valence-corrected chi connectivity index (χ2v) is 6.95. The maximum Gasteiger partial charge on any atom is 0.240 e. The quantitative estimate of drug-likeness (QED) is 0.908. The highest BCUT2D eigenvalue weighted by Gasteiger charge is 2.37. The van der Waals surface area contributed by atoms with E-state index in [2.05, 4.69) is 26.9 Å². The van der Waals surface area contributed by atoms with E-state index >= 15 is 0 Å². The molecule has 1 aromatic carbocycles. The third-order valence-corrected chi connectivity index (χ3v) is 5.30. The van der Waals surface area contributed by atoms with Gasteiger partial charge < -0.3 is 14.9 Å². The molecular formula is C20H24N4O2. The molecule has 0 bridgehead atoms. The van der Waals surface area contributed by atoms with Gasteiger partial charge in [-0.2, -0.15) is 0 Å². The molecule has 0 aliphatic carbocycles. The lowest BCUT2D eigenvalue weighted by molar-refractivity contribution is -0.132. The van der Waals surface area contributed by atoms with E-state index in [1.165, 1.54) is 11.8 Å². The van der Waals surface area contributed by atoms with Crippen LogP contribution >= 0.6 is 0 Å². The van der Waals surface area contributed by atoms with Crippen LogP contribution in [0, 0.1) is 0 Å². The van der Waals surface area contributed by atoms with Crippen molar-refractivity contribution in [3.05, 3.63) is 54.2 Å². The molecule has 136 valence electrons. The molecule has 0 spiro atoms. The minimum absolute atomic E-state index is 0.00800. The van der Waals surface area contributed by atoms with Crippen LogP contribution in [0.3, 0.4) is 0 Å². The largest absolute Gasteiger partial charge is 0.506 e. The zero-order valence-electron chi connectivity index (χ0n) is 14.8. The number of aromatic hydroxyl groups is 1. The predicted molar refractivity (Wildman–Crippen MR) is 100.0 cm³/mol. The molecule has 6 heteroatoms. The van der Waals surface area contributed by atoms with Crippen LogP contribution in [0.4, 0.5) is 5.82 Å². The van der Waals surface area contributed by atoms with Crippen LogP contribution in [0.5, 0.6) is 5.75 Å². The van der Waals surface area contributed by atoms with Crippen LogP contribution in [0.25, 0.3) is 0 Å². The van der Waals surface area contributed by atoms with E-state index in [4.69, 9.17) is 0 Å². The molecule has 2 fully saturated rings. The molecule has 3 heterocycles. The summed E-state index contributed by atoms with van der Waals surface area (Å²) in [6, 6.07) is 13.7. The molecule has 4 rings (SSSR count). The second-order valence-electron chi connectivity index (χ2n) is 6.95. The van der Waals surface area contributed by atoms with Crippen molar-refractivity contribution in [1.82, 2.24) is 14.8 Å². The first-order valence-corrected chi connectivity index (χ1v) is 9.17. The lowest BCUT2D eigenvalue weighted by atomic mass is 10.1. The number of pyridine rings is 1. The minimum Gasteiger partial charge on any atom is -0.506 e. The zero-order valence-corrected chi connectivity index (χ0v) is 14.8.